The second-order valence-electron chi connectivity index (χ2n) is 18.8. The van der Waals surface area contributed by atoms with E-state index >= 15 is 0 Å². The fourth-order valence-corrected chi connectivity index (χ4v) is 7.37. The first-order chi connectivity index (χ1) is 37.0. The predicted molar refractivity (Wildman–Crippen MR) is 325 cm³/mol. The van der Waals surface area contributed by atoms with Crippen molar-refractivity contribution < 1.29 is 28.6 Å². The van der Waals surface area contributed by atoms with Crippen LogP contribution < -0.4 is 0 Å². The van der Waals surface area contributed by atoms with Crippen LogP contribution in [0.4, 0.5) is 0 Å². The molecule has 0 saturated carbocycles. The van der Waals surface area contributed by atoms with Crippen molar-refractivity contribution in [3.05, 3.63) is 170 Å². The Kier molecular flexibility index (Phi) is 57.0. The second kappa shape index (κ2) is 61.3. The molecule has 1 unspecified atom stereocenters. The van der Waals surface area contributed by atoms with Crippen LogP contribution >= 0.6 is 0 Å². The largest absolute Gasteiger partial charge is 0.462 e. The van der Waals surface area contributed by atoms with E-state index in [0.717, 1.165) is 103 Å². The Labute approximate surface area is 460 Å². The van der Waals surface area contributed by atoms with Gasteiger partial charge in [-0.25, -0.2) is 0 Å². The highest BCUT2D eigenvalue weighted by Crippen LogP contribution is 2.13. The first-order valence-electron chi connectivity index (χ1n) is 29.6. The number of carbonyl (C=O) groups is 3. The van der Waals surface area contributed by atoms with Gasteiger partial charge in [-0.05, 0) is 122 Å². The summed E-state index contributed by atoms with van der Waals surface area (Å²) in [5.74, 6) is -1.19. The molecule has 0 aromatic rings. The Bertz CT molecular complexity index is 1750. The molecule has 0 radical (unpaired) electrons. The fraction of sp³-hybridized carbons (Fsp3) is 0.551. The number of unbranched alkanes of at least 4 members (excludes halogenated alkanes) is 13. The van der Waals surface area contributed by atoms with Crippen molar-refractivity contribution in [2.24, 2.45) is 0 Å². The molecule has 0 spiro atoms. The third-order valence-corrected chi connectivity index (χ3v) is 11.7. The Morgan fingerprint density at radius 2 is 0.600 bits per heavy atom. The maximum Gasteiger partial charge on any atom is 0.309 e. The highest BCUT2D eigenvalue weighted by molar-refractivity contribution is 5.72. The molecule has 0 aliphatic carbocycles. The molecule has 0 amide bonds. The first-order valence-corrected chi connectivity index (χ1v) is 29.6. The molecule has 0 saturated heterocycles. The van der Waals surface area contributed by atoms with Gasteiger partial charge in [0, 0.05) is 12.8 Å². The number of carbonyl (C=O) groups excluding carboxylic acids is 3. The monoisotopic (exact) mass is 1030 g/mol. The van der Waals surface area contributed by atoms with Gasteiger partial charge in [-0.3, -0.25) is 14.4 Å². The molecule has 0 heterocycles. The van der Waals surface area contributed by atoms with Crippen molar-refractivity contribution in [1.29, 1.82) is 0 Å². The SMILES string of the molecule is CC/C=C\C/C=C\C/C=C\C/C=C\C/C=C\C/C=C\CCC(=O)OC(COC(=O)C/C=C\C/C=C\C/C=C\C/C=C\C/C=C\CC)COC(=O)CCCCCCCCCC/C=C\C/C=C\C/C=C\CCCCCCC. The topological polar surface area (TPSA) is 78.9 Å². The molecule has 6 nitrogen and oxygen atoms in total. The molecule has 0 aromatic heterocycles. The van der Waals surface area contributed by atoms with Crippen molar-refractivity contribution >= 4 is 17.9 Å². The van der Waals surface area contributed by atoms with E-state index in [1.165, 1.54) is 70.6 Å². The number of rotatable bonds is 51. The van der Waals surface area contributed by atoms with E-state index in [0.29, 0.717) is 19.3 Å². The maximum atomic E-state index is 12.8. The van der Waals surface area contributed by atoms with Crippen molar-refractivity contribution in [1.82, 2.24) is 0 Å². The minimum atomic E-state index is -0.872. The van der Waals surface area contributed by atoms with E-state index in [4.69, 9.17) is 14.2 Å². The molecule has 0 aliphatic rings. The number of hydrogen-bond acceptors (Lipinski definition) is 6. The average Bonchev–Trinajstić information content (AvgIpc) is 3.41. The van der Waals surface area contributed by atoms with E-state index < -0.39 is 18.0 Å². The Morgan fingerprint density at radius 1 is 0.293 bits per heavy atom. The zero-order valence-electron chi connectivity index (χ0n) is 47.7. The molecule has 1 atom stereocenters. The summed E-state index contributed by atoms with van der Waals surface area (Å²) in [5, 5.41) is 0. The molecular formula is C69H106O6. The van der Waals surface area contributed by atoms with Gasteiger partial charge in [-0.2, -0.15) is 0 Å². The Balaban J connectivity index is 4.60. The van der Waals surface area contributed by atoms with Gasteiger partial charge in [0.1, 0.15) is 13.2 Å². The van der Waals surface area contributed by atoms with Gasteiger partial charge in [-0.1, -0.05) is 255 Å². The molecule has 0 N–H and O–H groups in total. The fourth-order valence-electron chi connectivity index (χ4n) is 7.37. The summed E-state index contributed by atoms with van der Waals surface area (Å²) < 4.78 is 16.7. The highest BCUT2D eigenvalue weighted by atomic mass is 16.6. The van der Waals surface area contributed by atoms with Crippen molar-refractivity contribution in [3.63, 3.8) is 0 Å². The van der Waals surface area contributed by atoms with Crippen LogP contribution in [0.2, 0.25) is 0 Å². The van der Waals surface area contributed by atoms with E-state index in [9.17, 15) is 14.4 Å². The van der Waals surface area contributed by atoms with Crippen LogP contribution in [-0.4, -0.2) is 37.2 Å². The summed E-state index contributed by atoms with van der Waals surface area (Å²) in [6.45, 7) is 6.23. The lowest BCUT2D eigenvalue weighted by Crippen LogP contribution is -2.30. The minimum absolute atomic E-state index is 0.101. The summed E-state index contributed by atoms with van der Waals surface area (Å²) >= 11 is 0. The van der Waals surface area contributed by atoms with E-state index in [1.807, 2.05) is 18.2 Å². The van der Waals surface area contributed by atoms with Gasteiger partial charge in [0.05, 0.1) is 6.42 Å². The number of allylic oxidation sites excluding steroid dienone is 27. The number of ether oxygens (including phenoxy) is 3. The lowest BCUT2D eigenvalue weighted by atomic mass is 10.1. The third kappa shape index (κ3) is 59.5. The van der Waals surface area contributed by atoms with Crippen LogP contribution in [0.25, 0.3) is 0 Å². The number of hydrogen-bond donors (Lipinski definition) is 0. The highest BCUT2D eigenvalue weighted by Gasteiger charge is 2.19. The molecule has 0 bridgehead atoms. The van der Waals surface area contributed by atoms with E-state index in [1.54, 1.807) is 6.08 Å². The molecule has 0 aromatic carbocycles. The van der Waals surface area contributed by atoms with Crippen LogP contribution in [0.1, 0.15) is 226 Å². The molecule has 75 heavy (non-hydrogen) atoms. The lowest BCUT2D eigenvalue weighted by Gasteiger charge is -2.18. The minimum Gasteiger partial charge on any atom is -0.462 e. The normalized spacial score (nSPS) is 13.4. The van der Waals surface area contributed by atoms with E-state index in [-0.39, 0.29) is 32.0 Å². The van der Waals surface area contributed by atoms with Crippen LogP contribution in [0, 0.1) is 0 Å². The van der Waals surface area contributed by atoms with Gasteiger partial charge >= 0.3 is 17.9 Å². The second-order valence-corrected chi connectivity index (χ2v) is 18.8. The molecule has 0 fully saturated rings. The summed E-state index contributed by atoms with van der Waals surface area (Å²) in [6.07, 6.45) is 91.0. The summed E-state index contributed by atoms with van der Waals surface area (Å²) in [6, 6.07) is 0. The lowest BCUT2D eigenvalue weighted by molar-refractivity contribution is -0.166. The molecule has 0 rings (SSSR count). The average molecular weight is 1030 g/mol. The molecule has 418 valence electrons. The predicted octanol–water partition coefficient (Wildman–Crippen LogP) is 20.3. The van der Waals surface area contributed by atoms with Gasteiger partial charge in [0.15, 0.2) is 6.10 Å². The Hall–Kier alpha value is -5.23. The zero-order chi connectivity index (χ0) is 54.3. The molecule has 6 heteroatoms. The van der Waals surface area contributed by atoms with Crippen LogP contribution in [0.5, 0.6) is 0 Å². The molecular weight excluding hydrogens is 925 g/mol. The first kappa shape index (κ1) is 69.8. The quantitative estimate of drug-likeness (QED) is 0.0261. The van der Waals surface area contributed by atoms with Crippen molar-refractivity contribution in [2.45, 2.75) is 232 Å². The summed E-state index contributed by atoms with van der Waals surface area (Å²) in [5.41, 5.74) is 0. The van der Waals surface area contributed by atoms with Crippen molar-refractivity contribution in [2.75, 3.05) is 13.2 Å². The van der Waals surface area contributed by atoms with Gasteiger partial charge in [0.2, 0.25) is 0 Å². The van der Waals surface area contributed by atoms with Crippen LogP contribution in [0.3, 0.4) is 0 Å². The standard InChI is InChI=1S/C69H106O6/c1-4-7-10-13-16-19-22-25-28-30-32-33-34-35-37-38-41-44-47-50-53-56-59-62-68(71)74-65-66(64-73-67(70)61-58-55-52-49-46-43-40-27-24-21-18-15-12-9-6-3)75-69(72)63-60-57-54-51-48-45-42-39-36-31-29-26-23-20-17-14-11-8-5-2/h8-9,11-12,17-18,20-22,25-27,29-30,32,34-36,39-40,45-46,48-49,54-55,57-58,66H,4-7,10,13-16,19,23-24,28,31,33,37-38,41-44,47,50-53,56,59-65H2,1-3H3/b11-8-,12-9-,20-17-,21-18-,25-22-,29-26-,32-30-,35-34-,39-36-,40-27-,48-45-,49-46-,57-54-,58-55-. The zero-order valence-corrected chi connectivity index (χ0v) is 47.7. The van der Waals surface area contributed by atoms with Crippen LogP contribution in [0.15, 0.2) is 170 Å². The van der Waals surface area contributed by atoms with Crippen molar-refractivity contribution in [3.8, 4) is 0 Å². The van der Waals surface area contributed by atoms with Crippen LogP contribution in [-0.2, 0) is 28.6 Å². The van der Waals surface area contributed by atoms with Gasteiger partial charge in [0.25, 0.3) is 0 Å². The maximum absolute atomic E-state index is 12.8. The summed E-state index contributed by atoms with van der Waals surface area (Å²) in [4.78, 5) is 38.1. The van der Waals surface area contributed by atoms with E-state index in [2.05, 4.69) is 167 Å². The van der Waals surface area contributed by atoms with Gasteiger partial charge < -0.3 is 14.2 Å². The summed E-state index contributed by atoms with van der Waals surface area (Å²) in [7, 11) is 0. The smallest absolute Gasteiger partial charge is 0.309 e. The Morgan fingerprint density at radius 3 is 0.987 bits per heavy atom. The third-order valence-electron chi connectivity index (χ3n) is 11.7. The molecule has 0 aliphatic heterocycles. The number of esters is 3. The van der Waals surface area contributed by atoms with Gasteiger partial charge in [-0.15, -0.1) is 0 Å².